The van der Waals surface area contributed by atoms with E-state index in [1.54, 1.807) is 19.5 Å². The van der Waals surface area contributed by atoms with E-state index in [2.05, 4.69) is 16.9 Å². The second-order valence-electron chi connectivity index (χ2n) is 5.12. The number of nitrogens with two attached hydrogens (primary N) is 1. The molecular formula is C13H21N3O. The van der Waals surface area contributed by atoms with Crippen LogP contribution in [0.2, 0.25) is 0 Å². The molecule has 0 saturated heterocycles. The van der Waals surface area contributed by atoms with Crippen LogP contribution in [-0.4, -0.2) is 22.7 Å². The second-order valence-corrected chi connectivity index (χ2v) is 5.12. The summed E-state index contributed by atoms with van der Waals surface area (Å²) in [5.41, 5.74) is 7.09. The number of methoxy groups -OCH3 is 1. The smallest absolute Gasteiger partial charge is 0.115 e. The maximum absolute atomic E-state index is 6.37. The normalized spacial score (nSPS) is 31.1. The summed E-state index contributed by atoms with van der Waals surface area (Å²) in [6.07, 6.45) is 9.58. The molecule has 1 aromatic rings. The van der Waals surface area contributed by atoms with Gasteiger partial charge in [-0.2, -0.15) is 0 Å². The molecule has 2 rings (SSSR count). The molecule has 0 aliphatic heterocycles. The lowest BCUT2D eigenvalue weighted by Crippen LogP contribution is -2.46. The molecule has 4 nitrogen and oxygen atoms in total. The van der Waals surface area contributed by atoms with Crippen LogP contribution in [0.3, 0.4) is 0 Å². The van der Waals surface area contributed by atoms with Gasteiger partial charge in [0.2, 0.25) is 0 Å². The highest BCUT2D eigenvalue weighted by Gasteiger charge is 2.41. The molecule has 0 aromatic carbocycles. The van der Waals surface area contributed by atoms with Crippen LogP contribution >= 0.6 is 0 Å². The predicted molar refractivity (Wildman–Crippen MR) is 66.3 cm³/mol. The third-order valence-electron chi connectivity index (χ3n) is 3.90. The summed E-state index contributed by atoms with van der Waals surface area (Å²) in [5, 5.41) is 0. The molecule has 1 heterocycles. The molecule has 3 atom stereocenters. The molecule has 1 aliphatic carbocycles. The number of nitrogens with zero attached hydrogens (tertiary/aromatic N) is 2. The monoisotopic (exact) mass is 235 g/mol. The maximum Gasteiger partial charge on any atom is 0.115 e. The fourth-order valence-corrected chi connectivity index (χ4v) is 2.91. The van der Waals surface area contributed by atoms with Gasteiger partial charge in [-0.25, -0.2) is 9.97 Å². The van der Waals surface area contributed by atoms with Gasteiger partial charge in [-0.3, -0.25) is 0 Å². The van der Waals surface area contributed by atoms with E-state index in [1.165, 1.54) is 19.2 Å². The van der Waals surface area contributed by atoms with Crippen molar-refractivity contribution in [1.82, 2.24) is 9.97 Å². The minimum atomic E-state index is -0.248. The van der Waals surface area contributed by atoms with Crippen LogP contribution in [0.4, 0.5) is 0 Å². The summed E-state index contributed by atoms with van der Waals surface area (Å²) in [6.45, 7) is 2.27. The van der Waals surface area contributed by atoms with Crippen LogP contribution in [0.15, 0.2) is 18.7 Å². The van der Waals surface area contributed by atoms with Crippen molar-refractivity contribution in [3.8, 4) is 0 Å². The van der Waals surface area contributed by atoms with Gasteiger partial charge in [-0.05, 0) is 18.8 Å². The fraction of sp³-hybridized carbons (Fsp3) is 0.692. The van der Waals surface area contributed by atoms with Gasteiger partial charge in [0.15, 0.2) is 0 Å². The Morgan fingerprint density at radius 2 is 2.18 bits per heavy atom. The average Bonchev–Trinajstić information content (AvgIpc) is 2.38. The van der Waals surface area contributed by atoms with Crippen LogP contribution in [-0.2, 0) is 4.74 Å². The number of ether oxygens (including phenoxy) is 1. The molecule has 1 aliphatic rings. The van der Waals surface area contributed by atoms with Crippen molar-refractivity contribution in [2.75, 3.05) is 7.11 Å². The lowest BCUT2D eigenvalue weighted by atomic mass is 9.73. The summed E-state index contributed by atoms with van der Waals surface area (Å²) in [7, 11) is 1.77. The Bertz CT molecular complexity index is 357. The molecule has 94 valence electrons. The molecule has 0 bridgehead atoms. The second kappa shape index (κ2) is 5.10. The Morgan fingerprint density at radius 3 is 2.76 bits per heavy atom. The third kappa shape index (κ3) is 2.48. The van der Waals surface area contributed by atoms with Gasteiger partial charge in [0.25, 0.3) is 0 Å². The van der Waals surface area contributed by atoms with Crippen LogP contribution in [0, 0.1) is 5.92 Å². The molecule has 17 heavy (non-hydrogen) atoms. The Hall–Kier alpha value is -1.00. The van der Waals surface area contributed by atoms with Gasteiger partial charge in [0, 0.05) is 25.1 Å². The van der Waals surface area contributed by atoms with Crippen molar-refractivity contribution in [2.24, 2.45) is 11.7 Å². The SMILES string of the molecule is COC1(C(N)c2cncnc2)CCCC(C)C1. The van der Waals surface area contributed by atoms with Crippen LogP contribution in [0.25, 0.3) is 0 Å². The molecule has 2 N–H and O–H groups in total. The summed E-state index contributed by atoms with van der Waals surface area (Å²) >= 11 is 0. The molecule has 1 aromatic heterocycles. The first-order valence-corrected chi connectivity index (χ1v) is 6.23. The van der Waals surface area contributed by atoms with E-state index >= 15 is 0 Å². The zero-order chi connectivity index (χ0) is 12.3. The van der Waals surface area contributed by atoms with E-state index in [-0.39, 0.29) is 11.6 Å². The first-order chi connectivity index (χ1) is 8.18. The standard InChI is InChI=1S/C13H21N3O/c1-10-4-3-5-13(6-10,17-2)12(14)11-7-15-9-16-8-11/h7-10,12H,3-6,14H2,1-2H3. The van der Waals surface area contributed by atoms with Crippen molar-refractivity contribution in [1.29, 1.82) is 0 Å². The van der Waals surface area contributed by atoms with E-state index in [0.717, 1.165) is 18.4 Å². The van der Waals surface area contributed by atoms with E-state index < -0.39 is 0 Å². The largest absolute Gasteiger partial charge is 0.376 e. The average molecular weight is 235 g/mol. The van der Waals surface area contributed by atoms with E-state index in [1.807, 2.05) is 0 Å². The molecular weight excluding hydrogens is 214 g/mol. The molecule has 4 heteroatoms. The van der Waals surface area contributed by atoms with E-state index in [0.29, 0.717) is 5.92 Å². The Kier molecular flexibility index (Phi) is 3.74. The van der Waals surface area contributed by atoms with Crippen LogP contribution in [0.1, 0.15) is 44.2 Å². The van der Waals surface area contributed by atoms with Crippen molar-refractivity contribution >= 4 is 0 Å². The van der Waals surface area contributed by atoms with Gasteiger partial charge in [0.05, 0.1) is 11.6 Å². The van der Waals surface area contributed by atoms with Crippen molar-refractivity contribution in [3.05, 3.63) is 24.3 Å². The molecule has 1 fully saturated rings. The van der Waals surface area contributed by atoms with E-state index in [9.17, 15) is 0 Å². The van der Waals surface area contributed by atoms with Crippen molar-refractivity contribution in [2.45, 2.75) is 44.2 Å². The Labute approximate surface area is 103 Å². The zero-order valence-electron chi connectivity index (χ0n) is 10.6. The highest BCUT2D eigenvalue weighted by atomic mass is 16.5. The predicted octanol–water partition coefficient (Wildman–Crippen LogP) is 2.07. The molecule has 3 unspecified atom stereocenters. The zero-order valence-corrected chi connectivity index (χ0v) is 10.6. The topological polar surface area (TPSA) is 61.0 Å². The summed E-state index contributed by atoms with van der Waals surface area (Å²) < 4.78 is 5.78. The van der Waals surface area contributed by atoms with Gasteiger partial charge < -0.3 is 10.5 Å². The quantitative estimate of drug-likeness (QED) is 0.871. The van der Waals surface area contributed by atoms with Crippen LogP contribution in [0.5, 0.6) is 0 Å². The van der Waals surface area contributed by atoms with Crippen molar-refractivity contribution in [3.63, 3.8) is 0 Å². The molecule has 0 amide bonds. The lowest BCUT2D eigenvalue weighted by Gasteiger charge is -2.43. The number of hydrogen-bond acceptors (Lipinski definition) is 4. The molecule has 1 saturated carbocycles. The van der Waals surface area contributed by atoms with Gasteiger partial charge >= 0.3 is 0 Å². The first kappa shape index (κ1) is 12.5. The van der Waals surface area contributed by atoms with Crippen molar-refractivity contribution < 1.29 is 4.74 Å². The minimum absolute atomic E-state index is 0.142. The molecule has 0 radical (unpaired) electrons. The Morgan fingerprint density at radius 1 is 1.47 bits per heavy atom. The van der Waals surface area contributed by atoms with Gasteiger partial charge in [-0.1, -0.05) is 19.8 Å². The highest BCUT2D eigenvalue weighted by molar-refractivity contribution is 5.15. The van der Waals surface area contributed by atoms with Crippen LogP contribution < -0.4 is 5.73 Å². The number of aromatic nitrogens is 2. The molecule has 0 spiro atoms. The number of hydrogen-bond donors (Lipinski definition) is 1. The third-order valence-corrected chi connectivity index (χ3v) is 3.90. The summed E-state index contributed by atoms with van der Waals surface area (Å²) in [5.74, 6) is 0.666. The Balaban J connectivity index is 2.23. The fourth-order valence-electron chi connectivity index (χ4n) is 2.91. The summed E-state index contributed by atoms with van der Waals surface area (Å²) in [6, 6.07) is -0.142. The number of rotatable bonds is 3. The van der Waals surface area contributed by atoms with Gasteiger partial charge in [-0.15, -0.1) is 0 Å². The van der Waals surface area contributed by atoms with Gasteiger partial charge in [0.1, 0.15) is 6.33 Å². The summed E-state index contributed by atoms with van der Waals surface area (Å²) in [4.78, 5) is 8.08. The first-order valence-electron chi connectivity index (χ1n) is 6.23. The lowest BCUT2D eigenvalue weighted by molar-refractivity contribution is -0.0719. The maximum atomic E-state index is 6.37. The highest BCUT2D eigenvalue weighted by Crippen LogP contribution is 2.41. The van der Waals surface area contributed by atoms with E-state index in [4.69, 9.17) is 10.5 Å². The minimum Gasteiger partial charge on any atom is -0.376 e.